The fourth-order valence-electron chi connectivity index (χ4n) is 2.32. The number of nitrogens with one attached hydrogen (secondary N) is 2. The summed E-state index contributed by atoms with van der Waals surface area (Å²) in [6, 6.07) is 5.71. The van der Waals surface area contributed by atoms with Gasteiger partial charge in [0.25, 0.3) is 11.2 Å². The number of nitrogens with zero attached hydrogens (tertiary/aromatic N) is 1. The summed E-state index contributed by atoms with van der Waals surface area (Å²) < 4.78 is 10.5. The van der Waals surface area contributed by atoms with Crippen LogP contribution in [-0.2, 0) is 16.1 Å². The van der Waals surface area contributed by atoms with Gasteiger partial charge in [-0.1, -0.05) is 0 Å². The van der Waals surface area contributed by atoms with Crippen LogP contribution in [0.2, 0.25) is 0 Å². The molecule has 2 aromatic rings. The Morgan fingerprint density at radius 2 is 2.24 bits per heavy atom. The van der Waals surface area contributed by atoms with Crippen LogP contribution in [0.3, 0.4) is 0 Å². The van der Waals surface area contributed by atoms with Crippen LogP contribution in [0.15, 0.2) is 41.3 Å². The van der Waals surface area contributed by atoms with E-state index in [2.05, 4.69) is 10.3 Å². The maximum absolute atomic E-state index is 12.0. The van der Waals surface area contributed by atoms with Gasteiger partial charge in [-0.25, -0.2) is 0 Å². The first-order valence-corrected chi connectivity index (χ1v) is 7.23. The lowest BCUT2D eigenvalue weighted by atomic mass is 10.1. The molecule has 1 aliphatic rings. The van der Waals surface area contributed by atoms with Crippen molar-refractivity contribution in [2.75, 3.05) is 12.1 Å². The van der Waals surface area contributed by atoms with Gasteiger partial charge in [-0.05, 0) is 18.2 Å². The molecule has 1 aliphatic heterocycles. The van der Waals surface area contributed by atoms with E-state index in [0.717, 1.165) is 0 Å². The van der Waals surface area contributed by atoms with E-state index < -0.39 is 16.4 Å². The van der Waals surface area contributed by atoms with Gasteiger partial charge in [0.1, 0.15) is 11.4 Å². The van der Waals surface area contributed by atoms with Gasteiger partial charge in [-0.3, -0.25) is 19.7 Å². The lowest BCUT2D eigenvalue weighted by Gasteiger charge is -2.19. The first-order chi connectivity index (χ1) is 12.0. The van der Waals surface area contributed by atoms with Crippen LogP contribution in [0, 0.1) is 10.1 Å². The average molecular weight is 343 g/mol. The van der Waals surface area contributed by atoms with Crippen molar-refractivity contribution in [2.45, 2.75) is 6.61 Å². The Morgan fingerprint density at radius 3 is 3.00 bits per heavy atom. The molecule has 0 bridgehead atoms. The van der Waals surface area contributed by atoms with Gasteiger partial charge in [0, 0.05) is 35.5 Å². The highest BCUT2D eigenvalue weighted by Crippen LogP contribution is 2.33. The second-order valence-corrected chi connectivity index (χ2v) is 5.13. The summed E-state index contributed by atoms with van der Waals surface area (Å²) in [5.74, 6) is -0.123. The third-order valence-corrected chi connectivity index (χ3v) is 3.42. The first-order valence-electron chi connectivity index (χ1n) is 7.23. The molecular formula is C16H13N3O6. The molecule has 0 aliphatic carbocycles. The molecule has 1 amide bonds. The normalized spacial score (nSPS) is 13.1. The topological polar surface area (TPSA) is 124 Å². The molecule has 1 aromatic carbocycles. The van der Waals surface area contributed by atoms with Crippen molar-refractivity contribution in [3.8, 4) is 5.75 Å². The number of rotatable bonds is 4. The number of benzene rings is 1. The quantitative estimate of drug-likeness (QED) is 0.496. The molecule has 128 valence electrons. The summed E-state index contributed by atoms with van der Waals surface area (Å²) in [6.45, 7) is 0.209. The van der Waals surface area contributed by atoms with E-state index in [1.54, 1.807) is 6.07 Å². The maximum Gasteiger partial charge on any atom is 0.271 e. The molecule has 0 spiro atoms. The van der Waals surface area contributed by atoms with E-state index >= 15 is 0 Å². The van der Waals surface area contributed by atoms with Crippen molar-refractivity contribution in [1.82, 2.24) is 4.98 Å². The van der Waals surface area contributed by atoms with Crippen LogP contribution in [0.5, 0.6) is 5.75 Å². The van der Waals surface area contributed by atoms with Crippen molar-refractivity contribution >= 4 is 23.4 Å². The largest absolute Gasteiger partial charge is 0.467 e. The fourth-order valence-corrected chi connectivity index (χ4v) is 2.32. The summed E-state index contributed by atoms with van der Waals surface area (Å²) in [6.07, 6.45) is 4.01. The van der Waals surface area contributed by atoms with Crippen molar-refractivity contribution in [3.05, 3.63) is 68.1 Å². The third kappa shape index (κ3) is 3.72. The predicted molar refractivity (Wildman–Crippen MR) is 88.1 cm³/mol. The lowest BCUT2D eigenvalue weighted by molar-refractivity contribution is -0.385. The molecular weight excluding hydrogens is 330 g/mol. The molecule has 3 rings (SSSR count). The number of hydrogen-bond acceptors (Lipinski definition) is 6. The number of anilines is 1. The van der Waals surface area contributed by atoms with Gasteiger partial charge in [-0.2, -0.15) is 0 Å². The Labute approximate surface area is 141 Å². The molecule has 2 N–H and O–H groups in total. The Balaban J connectivity index is 1.86. The number of carbonyl (C=O) groups is 1. The van der Waals surface area contributed by atoms with Crippen LogP contribution in [0.25, 0.3) is 6.08 Å². The van der Waals surface area contributed by atoms with Crippen molar-refractivity contribution < 1.29 is 19.2 Å². The molecule has 2 heterocycles. The Kier molecular flexibility index (Phi) is 4.57. The number of nitro groups is 1. The molecule has 0 atom stereocenters. The number of non-ortho nitro benzene ring substituents is 1. The maximum atomic E-state index is 12.0. The van der Waals surface area contributed by atoms with Gasteiger partial charge in [0.05, 0.1) is 11.5 Å². The zero-order valence-electron chi connectivity index (χ0n) is 12.9. The summed E-state index contributed by atoms with van der Waals surface area (Å²) in [5, 5.41) is 13.5. The van der Waals surface area contributed by atoms with E-state index in [1.807, 2.05) is 0 Å². The number of ether oxygens (including phenoxy) is 2. The van der Waals surface area contributed by atoms with Gasteiger partial charge in [0.15, 0.2) is 6.79 Å². The van der Waals surface area contributed by atoms with Crippen LogP contribution < -0.4 is 15.6 Å². The SMILES string of the molecule is O=C(/C=C\c1cc([N+](=O)[O-])cc2c1OCOC2)Nc1ccc[nH]c1=O. The molecule has 0 saturated carbocycles. The Bertz CT molecular complexity index is 918. The van der Waals surface area contributed by atoms with Gasteiger partial charge in [0.2, 0.25) is 5.91 Å². The first kappa shape index (κ1) is 16.4. The number of hydrogen-bond donors (Lipinski definition) is 2. The van der Waals surface area contributed by atoms with Crippen LogP contribution in [0.1, 0.15) is 11.1 Å². The predicted octanol–water partition coefficient (Wildman–Crippen LogP) is 1.80. The monoisotopic (exact) mass is 343 g/mol. The van der Waals surface area contributed by atoms with Crippen LogP contribution in [0.4, 0.5) is 11.4 Å². The number of amides is 1. The van der Waals surface area contributed by atoms with E-state index in [0.29, 0.717) is 16.9 Å². The lowest BCUT2D eigenvalue weighted by Crippen LogP contribution is -2.17. The molecule has 0 unspecified atom stereocenters. The summed E-state index contributed by atoms with van der Waals surface area (Å²) in [4.78, 5) is 36.5. The number of carbonyl (C=O) groups excluding carboxylic acids is 1. The zero-order valence-corrected chi connectivity index (χ0v) is 12.9. The van der Waals surface area contributed by atoms with Gasteiger partial charge < -0.3 is 19.8 Å². The molecule has 1 aromatic heterocycles. The number of fused-ring (bicyclic) bond motifs is 1. The smallest absolute Gasteiger partial charge is 0.271 e. The average Bonchev–Trinajstić information content (AvgIpc) is 2.61. The van der Waals surface area contributed by atoms with Gasteiger partial charge in [-0.15, -0.1) is 0 Å². The molecule has 0 radical (unpaired) electrons. The minimum atomic E-state index is -0.552. The molecule has 9 heteroatoms. The standard InChI is InChI=1S/C16H13N3O6/c20-14(18-13-2-1-5-17-16(13)21)4-3-10-6-12(19(22)23)7-11-8-24-9-25-15(10)11/h1-7H,8-9H2,(H,17,21)(H,18,20)/b4-3-. The van der Waals surface area contributed by atoms with Crippen molar-refractivity contribution in [2.24, 2.45) is 0 Å². The summed E-state index contributed by atoms with van der Waals surface area (Å²) >= 11 is 0. The number of H-pyrrole nitrogens is 1. The molecule has 9 nitrogen and oxygen atoms in total. The minimum Gasteiger partial charge on any atom is -0.467 e. The van der Waals surface area contributed by atoms with E-state index in [-0.39, 0.29) is 24.8 Å². The Morgan fingerprint density at radius 1 is 1.40 bits per heavy atom. The number of pyridine rings is 1. The molecule has 0 saturated heterocycles. The highest BCUT2D eigenvalue weighted by atomic mass is 16.7. The van der Waals surface area contributed by atoms with Crippen LogP contribution in [-0.4, -0.2) is 22.6 Å². The highest BCUT2D eigenvalue weighted by Gasteiger charge is 2.19. The number of aromatic nitrogens is 1. The van der Waals surface area contributed by atoms with E-state index in [4.69, 9.17) is 9.47 Å². The third-order valence-electron chi connectivity index (χ3n) is 3.42. The van der Waals surface area contributed by atoms with E-state index in [9.17, 15) is 19.7 Å². The molecule has 0 fully saturated rings. The zero-order chi connectivity index (χ0) is 17.8. The van der Waals surface area contributed by atoms with Crippen LogP contribution >= 0.6 is 0 Å². The Hall–Kier alpha value is -3.46. The molecule has 25 heavy (non-hydrogen) atoms. The van der Waals surface area contributed by atoms with Crippen molar-refractivity contribution in [1.29, 1.82) is 0 Å². The minimum absolute atomic E-state index is 0.0250. The summed E-state index contributed by atoms with van der Waals surface area (Å²) in [5.41, 5.74) is 0.442. The van der Waals surface area contributed by atoms with E-state index in [1.165, 1.54) is 36.5 Å². The van der Waals surface area contributed by atoms with Gasteiger partial charge >= 0.3 is 0 Å². The number of nitro benzene ring substituents is 1. The second kappa shape index (κ2) is 6.97. The summed E-state index contributed by atoms with van der Waals surface area (Å²) in [7, 11) is 0. The highest BCUT2D eigenvalue weighted by molar-refractivity contribution is 6.02. The second-order valence-electron chi connectivity index (χ2n) is 5.13. The fraction of sp³-hybridized carbons (Fsp3) is 0.125. The van der Waals surface area contributed by atoms with Crippen molar-refractivity contribution in [3.63, 3.8) is 0 Å². The number of aromatic amines is 1.